The second kappa shape index (κ2) is 12.2. The van der Waals surface area contributed by atoms with Gasteiger partial charge in [-0.05, 0) is 48.3 Å². The van der Waals surface area contributed by atoms with E-state index >= 15 is 0 Å². The van der Waals surface area contributed by atoms with Crippen molar-refractivity contribution in [3.63, 3.8) is 0 Å². The van der Waals surface area contributed by atoms with Gasteiger partial charge in [0.2, 0.25) is 0 Å². The number of aliphatic carboxylic acids is 3. The van der Waals surface area contributed by atoms with Crippen LogP contribution in [0.2, 0.25) is 0 Å². The molecule has 0 aromatic heterocycles. The Morgan fingerprint density at radius 1 is 1.03 bits per heavy atom. The molecule has 0 spiro atoms. The normalized spacial score (nSPS) is 26.3. The van der Waals surface area contributed by atoms with E-state index in [1.807, 2.05) is 6.08 Å². The Morgan fingerprint density at radius 3 is 1.93 bits per heavy atom. The largest absolute Gasteiger partial charge is 0.478 e. The summed E-state index contributed by atoms with van der Waals surface area (Å²) in [5.41, 5.74) is 0.685. The second-order valence-corrected chi connectivity index (χ2v) is 8.34. The zero-order chi connectivity index (χ0) is 22.7. The van der Waals surface area contributed by atoms with Crippen molar-refractivity contribution >= 4 is 17.9 Å². The lowest BCUT2D eigenvalue weighted by molar-refractivity contribution is -0.132. The third kappa shape index (κ3) is 8.26. The molecule has 29 heavy (non-hydrogen) atoms. The van der Waals surface area contributed by atoms with Crippen LogP contribution in [0.25, 0.3) is 0 Å². The Balaban J connectivity index is 0.000000479. The summed E-state index contributed by atoms with van der Waals surface area (Å²) in [5.74, 6) is -1.41. The molecule has 0 aliphatic heterocycles. The van der Waals surface area contributed by atoms with Gasteiger partial charge in [0.05, 0.1) is 0 Å². The summed E-state index contributed by atoms with van der Waals surface area (Å²) in [6, 6.07) is 0. The highest BCUT2D eigenvalue weighted by Gasteiger charge is 2.60. The van der Waals surface area contributed by atoms with Gasteiger partial charge in [-0.2, -0.15) is 0 Å². The number of unbranched alkanes of at least 4 members (excludes halogenated alkanes) is 2. The zero-order valence-corrected chi connectivity index (χ0v) is 18.1. The molecular formula is C23H36O6. The molecule has 0 saturated heterocycles. The highest BCUT2D eigenvalue weighted by molar-refractivity contribution is 5.80. The van der Waals surface area contributed by atoms with Gasteiger partial charge in [-0.1, -0.05) is 59.3 Å². The topological polar surface area (TPSA) is 112 Å². The van der Waals surface area contributed by atoms with Crippen LogP contribution in [0, 0.1) is 22.7 Å². The van der Waals surface area contributed by atoms with E-state index in [0.29, 0.717) is 16.7 Å². The predicted octanol–water partition coefficient (Wildman–Crippen LogP) is 5.16. The van der Waals surface area contributed by atoms with Gasteiger partial charge < -0.3 is 15.3 Å². The molecule has 2 saturated carbocycles. The van der Waals surface area contributed by atoms with Crippen molar-refractivity contribution in [2.75, 3.05) is 0 Å². The van der Waals surface area contributed by atoms with Crippen molar-refractivity contribution in [1.82, 2.24) is 0 Å². The number of rotatable bonds is 7. The van der Waals surface area contributed by atoms with Crippen LogP contribution < -0.4 is 0 Å². The summed E-state index contributed by atoms with van der Waals surface area (Å²) in [4.78, 5) is 29.7. The number of carboxylic acid groups (broad SMARTS) is 3. The highest BCUT2D eigenvalue weighted by Crippen LogP contribution is 2.68. The lowest BCUT2D eigenvalue weighted by Gasteiger charge is -2.38. The lowest BCUT2D eigenvalue weighted by atomic mass is 9.67. The number of hydrogen-bond donors (Lipinski definition) is 3. The standard InChI is InChI=1S/C13H20O2.C7H12O2.C3H4O2/c1-12(2)9-6-7-13(12,3)10(8-9)4-5-11(14)15;1-2-3-4-5-6-7(8)9;1-2-3(4)5/h4-5,9-10H,6-8H2,1-3H3,(H,14,15);5-6H,2-4H2,1H3,(H,8,9);2H,1H2,(H,4,5). The molecular weight excluding hydrogens is 372 g/mol. The minimum atomic E-state index is -0.981. The number of carboxylic acids is 3. The van der Waals surface area contributed by atoms with Crippen LogP contribution in [-0.2, 0) is 14.4 Å². The molecule has 3 unspecified atom stereocenters. The molecule has 6 heteroatoms. The van der Waals surface area contributed by atoms with Gasteiger partial charge in [0.25, 0.3) is 0 Å². The molecule has 0 aromatic carbocycles. The first-order valence-electron chi connectivity index (χ1n) is 10.1. The van der Waals surface area contributed by atoms with E-state index in [2.05, 4.69) is 34.3 Å². The van der Waals surface area contributed by atoms with Crippen molar-refractivity contribution in [2.45, 2.75) is 66.2 Å². The molecule has 0 amide bonds. The molecule has 2 bridgehead atoms. The maximum atomic E-state index is 10.5. The Morgan fingerprint density at radius 2 is 1.59 bits per heavy atom. The molecule has 0 heterocycles. The zero-order valence-electron chi connectivity index (χ0n) is 18.1. The fraction of sp³-hybridized carbons (Fsp3) is 0.609. The Hall–Kier alpha value is -2.37. The van der Waals surface area contributed by atoms with Crippen LogP contribution in [0.5, 0.6) is 0 Å². The van der Waals surface area contributed by atoms with Gasteiger partial charge >= 0.3 is 17.9 Å². The quantitative estimate of drug-likeness (QED) is 0.396. The fourth-order valence-electron chi connectivity index (χ4n) is 4.26. The van der Waals surface area contributed by atoms with E-state index in [0.717, 1.165) is 31.3 Å². The number of hydrogen-bond acceptors (Lipinski definition) is 3. The summed E-state index contributed by atoms with van der Waals surface area (Å²) in [7, 11) is 0. The van der Waals surface area contributed by atoms with Gasteiger partial charge in [-0.15, -0.1) is 0 Å². The van der Waals surface area contributed by atoms with Crippen molar-refractivity contribution in [3.8, 4) is 0 Å². The predicted molar refractivity (Wildman–Crippen MR) is 114 cm³/mol. The van der Waals surface area contributed by atoms with Crippen molar-refractivity contribution in [2.24, 2.45) is 22.7 Å². The Labute approximate surface area is 174 Å². The van der Waals surface area contributed by atoms with E-state index in [1.54, 1.807) is 6.08 Å². The van der Waals surface area contributed by atoms with Crippen LogP contribution >= 0.6 is 0 Å². The van der Waals surface area contributed by atoms with Crippen LogP contribution in [-0.4, -0.2) is 33.2 Å². The summed E-state index contributed by atoms with van der Waals surface area (Å²) >= 11 is 0. The van der Waals surface area contributed by atoms with Gasteiger partial charge in [-0.3, -0.25) is 0 Å². The molecule has 0 aromatic rings. The third-order valence-corrected chi connectivity index (χ3v) is 6.49. The average molecular weight is 409 g/mol. The SMILES string of the molecule is C=CC(=O)O.CC1(C)C2CCC1(C)C(C=CC(=O)O)C2.CCCCC=CC(=O)O. The molecule has 6 nitrogen and oxygen atoms in total. The highest BCUT2D eigenvalue weighted by atomic mass is 16.4. The van der Waals surface area contributed by atoms with Crippen LogP contribution in [0.15, 0.2) is 37.0 Å². The number of allylic oxidation sites excluding steroid dienone is 2. The van der Waals surface area contributed by atoms with Gasteiger partial charge in [-0.25, -0.2) is 14.4 Å². The molecule has 2 rings (SSSR count). The molecule has 3 atom stereocenters. The summed E-state index contributed by atoms with van der Waals surface area (Å²) in [6.45, 7) is 12.1. The van der Waals surface area contributed by atoms with E-state index < -0.39 is 17.9 Å². The van der Waals surface area contributed by atoms with Gasteiger partial charge in [0.1, 0.15) is 0 Å². The first-order chi connectivity index (χ1) is 13.4. The molecule has 164 valence electrons. The van der Waals surface area contributed by atoms with E-state index in [1.165, 1.54) is 31.4 Å². The molecule has 0 radical (unpaired) electrons. The van der Waals surface area contributed by atoms with E-state index in [4.69, 9.17) is 15.3 Å². The van der Waals surface area contributed by atoms with Gasteiger partial charge in [0.15, 0.2) is 0 Å². The maximum Gasteiger partial charge on any atom is 0.327 e. The molecule has 2 fully saturated rings. The van der Waals surface area contributed by atoms with E-state index in [9.17, 15) is 14.4 Å². The fourth-order valence-corrected chi connectivity index (χ4v) is 4.26. The molecule has 3 N–H and O–H groups in total. The number of fused-ring (bicyclic) bond motifs is 2. The monoisotopic (exact) mass is 408 g/mol. The number of carbonyl (C=O) groups is 3. The van der Waals surface area contributed by atoms with Crippen molar-refractivity contribution < 1.29 is 29.7 Å². The van der Waals surface area contributed by atoms with Crippen LogP contribution in [0.4, 0.5) is 0 Å². The average Bonchev–Trinajstić information content (AvgIpc) is 2.97. The third-order valence-electron chi connectivity index (χ3n) is 6.49. The maximum absolute atomic E-state index is 10.5. The summed E-state index contributed by atoms with van der Waals surface area (Å²) in [5, 5.41) is 24.4. The summed E-state index contributed by atoms with van der Waals surface area (Å²) in [6.07, 6.45) is 13.8. The van der Waals surface area contributed by atoms with Crippen LogP contribution in [0.1, 0.15) is 66.2 Å². The van der Waals surface area contributed by atoms with E-state index in [-0.39, 0.29) is 0 Å². The van der Waals surface area contributed by atoms with Crippen molar-refractivity contribution in [3.05, 3.63) is 37.0 Å². The van der Waals surface area contributed by atoms with Crippen molar-refractivity contribution in [1.29, 1.82) is 0 Å². The molecule has 2 aliphatic rings. The summed E-state index contributed by atoms with van der Waals surface area (Å²) < 4.78 is 0. The lowest BCUT2D eigenvalue weighted by Crippen LogP contribution is -2.31. The smallest absolute Gasteiger partial charge is 0.327 e. The van der Waals surface area contributed by atoms with Crippen LogP contribution in [0.3, 0.4) is 0 Å². The Bertz CT molecular complexity index is 631. The minimum Gasteiger partial charge on any atom is -0.478 e. The van der Waals surface area contributed by atoms with Gasteiger partial charge in [0, 0.05) is 18.2 Å². The second-order valence-electron chi connectivity index (χ2n) is 8.34. The first kappa shape index (κ1) is 26.6. The Kier molecular flexibility index (Phi) is 11.2. The minimum absolute atomic E-state index is 0.309. The molecule has 2 aliphatic carbocycles. The first-order valence-corrected chi connectivity index (χ1v) is 10.1.